The van der Waals surface area contributed by atoms with Crippen LogP contribution in [0.1, 0.15) is 285 Å². The normalized spacial score (nSPS) is 22.9. The Labute approximate surface area is 536 Å². The molecule has 524 valence electrons. The second-order valence-electron chi connectivity index (χ2n) is 24.8. The van der Waals surface area contributed by atoms with E-state index in [1.807, 2.05) is 0 Å². The lowest BCUT2D eigenvalue weighted by Gasteiger charge is -2.47. The Morgan fingerprint density at radius 3 is 1.45 bits per heavy atom. The molecule has 11 atom stereocenters. The van der Waals surface area contributed by atoms with E-state index in [2.05, 4.69) is 50.5 Å². The van der Waals surface area contributed by atoms with Crippen LogP contribution in [0.5, 0.6) is 0 Å². The summed E-state index contributed by atoms with van der Waals surface area (Å²) in [4.78, 5) is 82.2. The number of methoxy groups -OCH3 is 2. The van der Waals surface area contributed by atoms with Crippen molar-refractivity contribution in [2.45, 2.75) is 352 Å². The van der Waals surface area contributed by atoms with Gasteiger partial charge in [-0.2, -0.15) is 0 Å². The number of ketones is 1. The number of hydrogen-bond acceptors (Lipinski definition) is 15. The van der Waals surface area contributed by atoms with Gasteiger partial charge in [0.1, 0.15) is 54.5 Å². The van der Waals surface area contributed by atoms with E-state index in [0.29, 0.717) is 25.7 Å². The van der Waals surface area contributed by atoms with E-state index in [4.69, 9.17) is 42.2 Å². The first kappa shape index (κ1) is 83.3. The molecule has 0 bridgehead atoms. The summed E-state index contributed by atoms with van der Waals surface area (Å²) in [5, 5.41) is 17.9. The summed E-state index contributed by atoms with van der Waals surface area (Å²) >= 11 is 0. The molecule has 2 aliphatic heterocycles. The Balaban J connectivity index is 2.45. The van der Waals surface area contributed by atoms with Gasteiger partial charge >= 0.3 is 15.6 Å². The van der Waals surface area contributed by atoms with Crippen LogP contribution in [-0.2, 0) is 65.7 Å². The third-order valence-electron chi connectivity index (χ3n) is 16.8. The van der Waals surface area contributed by atoms with Gasteiger partial charge in [-0.25, -0.2) is 9.13 Å². The fourth-order valence-electron chi connectivity index (χ4n) is 11.7. The summed E-state index contributed by atoms with van der Waals surface area (Å²) in [6.45, 7) is 7.91. The highest BCUT2D eigenvalue weighted by Gasteiger charge is 2.53. The molecule has 2 saturated heterocycles. The van der Waals surface area contributed by atoms with Crippen LogP contribution in [0.2, 0.25) is 0 Å². The van der Waals surface area contributed by atoms with Crippen LogP contribution in [0.15, 0.2) is 12.2 Å². The largest absolute Gasteiger partial charge is 0.472 e. The number of phosphoric acid groups is 2. The van der Waals surface area contributed by atoms with Crippen molar-refractivity contribution >= 4 is 33.2 Å². The zero-order chi connectivity index (χ0) is 65.4. The van der Waals surface area contributed by atoms with Crippen molar-refractivity contribution in [3.63, 3.8) is 0 Å². The molecule has 23 heteroatoms. The number of aliphatic hydroxyl groups is 1. The molecule has 0 aromatic heterocycles. The Hall–Kier alpha value is -1.75. The summed E-state index contributed by atoms with van der Waals surface area (Å²) in [7, 11) is -7.69. The molecule has 2 heterocycles. The molecule has 0 saturated carbocycles. The quantitative estimate of drug-likeness (QED) is 0.0129. The minimum atomic E-state index is -5.39. The molecule has 2 aliphatic rings. The minimum absolute atomic E-state index is 0.00889. The molecular weight excluding hydrogens is 1190 g/mol. The number of unbranched alkanes of at least 4 members (excludes halogenated alkanes) is 30. The number of allylic oxidation sites excluding steroid dienone is 2. The smallest absolute Gasteiger partial charge is 0.388 e. The zero-order valence-corrected chi connectivity index (χ0v) is 57.8. The standard InChI is InChI=1S/C66H126N2O19P2/c1-7-11-15-19-22-25-26-27-28-29-30-32-34-38-42-46-57(70)67-60-64(82-49-47-54(80-6)45-41-36-18-14-10-4)62(86-88(73,74)75)56(51-79-5)85-65(60)83-52-55-61(72)63(81-48-43-39-35-24-21-17-13-9-3)59(66(84-55)87-89(76,77)78)68-58(71)50-53(69)44-40-37-33-31-23-20-16-12-8-2/h25-26,54-56,59-66,72H,7-24,27-52H2,1-6H3,(H,67,70)(H,68,71)(H2,73,74,75)(H2,76,77,78)/b26-25+/t54-,55-,56-,59-,60-,61-,62-,63-,64-,65-,66-/m1/s1. The van der Waals surface area contributed by atoms with Crippen LogP contribution in [0.3, 0.4) is 0 Å². The van der Waals surface area contributed by atoms with Crippen molar-refractivity contribution in [1.82, 2.24) is 10.6 Å². The first-order chi connectivity index (χ1) is 42.9. The van der Waals surface area contributed by atoms with E-state index in [1.54, 1.807) is 7.11 Å². The third kappa shape index (κ3) is 41.0. The number of ether oxygens (including phenoxy) is 7. The molecule has 2 amide bonds. The Morgan fingerprint density at radius 1 is 0.472 bits per heavy atom. The maximum Gasteiger partial charge on any atom is 0.472 e. The molecule has 2 fully saturated rings. The average molecular weight is 1310 g/mol. The summed E-state index contributed by atoms with van der Waals surface area (Å²) < 4.78 is 79.3. The predicted octanol–water partition coefficient (Wildman–Crippen LogP) is 13.6. The second-order valence-corrected chi connectivity index (χ2v) is 27.2. The van der Waals surface area contributed by atoms with Crippen molar-refractivity contribution in [3.05, 3.63) is 12.2 Å². The topological polar surface area (TPSA) is 294 Å². The molecule has 89 heavy (non-hydrogen) atoms. The highest BCUT2D eigenvalue weighted by Crippen LogP contribution is 2.44. The molecular formula is C66H126N2O19P2. The van der Waals surface area contributed by atoms with Gasteiger partial charge in [0, 0.05) is 40.3 Å². The number of rotatable bonds is 59. The van der Waals surface area contributed by atoms with Crippen LogP contribution in [0.25, 0.3) is 0 Å². The molecule has 2 rings (SSSR count). The summed E-state index contributed by atoms with van der Waals surface area (Å²) in [6.07, 6.45) is 29.6. The summed E-state index contributed by atoms with van der Waals surface area (Å²) in [6, 6.07) is -2.84. The Kier molecular flexibility index (Phi) is 49.2. The van der Waals surface area contributed by atoms with E-state index in [0.717, 1.165) is 161 Å². The second kappa shape index (κ2) is 52.5. The SMILES string of the molecule is CCCCCC/C=C/CCCCCCCCCC(=O)N[C@H]1[C@H](OC[C@H]2O[C@H](OP(=O)(O)O)[C@H](NC(=O)CC(=O)CCCCCCCCCCC)[C@@H](OCCCCCCCCCC)[C@@H]2O)O[C@H](COC)[C@@H](OP(=O)(O)O)[C@@H]1OCC[C@@H](CCCCCCC)OC. The lowest BCUT2D eigenvalue weighted by molar-refractivity contribution is -0.301. The van der Waals surface area contributed by atoms with Gasteiger partial charge in [0.05, 0.1) is 25.7 Å². The monoisotopic (exact) mass is 1310 g/mol. The highest BCUT2D eigenvalue weighted by atomic mass is 31.2. The van der Waals surface area contributed by atoms with Gasteiger partial charge in [-0.05, 0) is 57.8 Å². The van der Waals surface area contributed by atoms with E-state index in [9.17, 15) is 48.2 Å². The van der Waals surface area contributed by atoms with Crippen molar-refractivity contribution < 1.29 is 90.4 Å². The van der Waals surface area contributed by atoms with Crippen LogP contribution in [0.4, 0.5) is 0 Å². The third-order valence-corrected chi connectivity index (χ3v) is 17.8. The Bertz CT molecular complexity index is 1900. The van der Waals surface area contributed by atoms with Gasteiger partial charge in [0.25, 0.3) is 0 Å². The van der Waals surface area contributed by atoms with E-state index in [-0.39, 0.29) is 44.5 Å². The molecule has 0 unspecified atom stereocenters. The summed E-state index contributed by atoms with van der Waals surface area (Å²) in [5.74, 6) is -1.52. The van der Waals surface area contributed by atoms with Crippen molar-refractivity contribution in [3.8, 4) is 0 Å². The van der Waals surface area contributed by atoms with Gasteiger partial charge in [-0.1, -0.05) is 220 Å². The minimum Gasteiger partial charge on any atom is -0.388 e. The number of nitrogens with one attached hydrogen (secondary N) is 2. The number of aliphatic hydroxyl groups excluding tert-OH is 1. The summed E-state index contributed by atoms with van der Waals surface area (Å²) in [5.41, 5.74) is 0. The van der Waals surface area contributed by atoms with Crippen molar-refractivity contribution in [2.75, 3.05) is 40.6 Å². The molecule has 0 radical (unpaired) electrons. The first-order valence-electron chi connectivity index (χ1n) is 35.0. The zero-order valence-electron chi connectivity index (χ0n) is 56.0. The van der Waals surface area contributed by atoms with Crippen molar-refractivity contribution in [2.24, 2.45) is 0 Å². The van der Waals surface area contributed by atoms with E-state index in [1.165, 1.54) is 58.5 Å². The fourth-order valence-corrected chi connectivity index (χ4v) is 12.7. The van der Waals surface area contributed by atoms with Gasteiger partial charge in [-0.15, -0.1) is 0 Å². The fraction of sp³-hybridized carbons (Fsp3) is 0.924. The van der Waals surface area contributed by atoms with Crippen molar-refractivity contribution in [1.29, 1.82) is 0 Å². The van der Waals surface area contributed by atoms with Gasteiger partial charge in [-0.3, -0.25) is 23.4 Å². The molecule has 0 aromatic rings. The number of amides is 2. The van der Waals surface area contributed by atoms with Crippen LogP contribution < -0.4 is 10.6 Å². The van der Waals surface area contributed by atoms with Crippen LogP contribution >= 0.6 is 15.6 Å². The van der Waals surface area contributed by atoms with Gasteiger partial charge in [0.15, 0.2) is 12.6 Å². The average Bonchev–Trinajstić information content (AvgIpc) is 0.966. The number of carbonyl (C=O) groups excluding carboxylic acids is 3. The maximum atomic E-state index is 14.1. The van der Waals surface area contributed by atoms with Crippen LogP contribution in [-0.4, -0.2) is 150 Å². The molecule has 21 nitrogen and oxygen atoms in total. The maximum absolute atomic E-state index is 14.1. The number of phosphoric ester groups is 2. The lowest BCUT2D eigenvalue weighted by atomic mass is 9.95. The number of Topliss-reactive ketones (excluding diaryl/α,β-unsaturated/α-hetero) is 1. The predicted molar refractivity (Wildman–Crippen MR) is 347 cm³/mol. The van der Waals surface area contributed by atoms with Gasteiger partial charge < -0.3 is 68.5 Å². The van der Waals surface area contributed by atoms with E-state index < -0.39 is 102 Å². The molecule has 0 aromatic carbocycles. The Morgan fingerprint density at radius 2 is 0.921 bits per heavy atom. The molecule has 0 aliphatic carbocycles. The molecule has 7 N–H and O–H groups in total. The number of hydrogen-bond donors (Lipinski definition) is 7. The molecule has 0 spiro atoms. The highest BCUT2D eigenvalue weighted by molar-refractivity contribution is 7.46. The van der Waals surface area contributed by atoms with Gasteiger partial charge in [0.2, 0.25) is 11.8 Å². The van der Waals surface area contributed by atoms with Crippen LogP contribution in [0, 0.1) is 0 Å². The van der Waals surface area contributed by atoms with E-state index >= 15 is 0 Å². The number of carbonyl (C=O) groups is 3. The lowest BCUT2D eigenvalue weighted by Crippen LogP contribution is -2.67. The first-order valence-corrected chi connectivity index (χ1v) is 38.1.